The molecule has 0 amide bonds. The Morgan fingerprint density at radius 3 is 2.44 bits per heavy atom. The quantitative estimate of drug-likeness (QED) is 0.612. The molecule has 0 bridgehead atoms. The van der Waals surface area contributed by atoms with Gasteiger partial charge < -0.3 is 17.1 Å². The number of rotatable bonds is 3. The van der Waals surface area contributed by atoms with E-state index in [0.29, 0.717) is 0 Å². The summed E-state index contributed by atoms with van der Waals surface area (Å²) >= 11 is 0. The lowest BCUT2D eigenvalue weighted by atomic mass is 10.0. The molecular formula is C20H21ClN2O2. The fraction of sp³-hybridized carbons (Fsp3) is 0.200. The third-order valence-corrected chi connectivity index (χ3v) is 4.42. The molecule has 0 aliphatic rings. The van der Waals surface area contributed by atoms with E-state index in [1.165, 1.54) is 0 Å². The van der Waals surface area contributed by atoms with Crippen molar-refractivity contribution in [2.24, 2.45) is 14.1 Å². The normalized spacial score (nSPS) is 10.9. The van der Waals surface area contributed by atoms with Crippen LogP contribution in [0.4, 0.5) is 0 Å². The number of hydrogen-bond acceptors (Lipinski definition) is 2. The molecular weight excluding hydrogens is 336 g/mol. The van der Waals surface area contributed by atoms with Crippen molar-refractivity contribution in [2.75, 3.05) is 7.11 Å². The highest BCUT2D eigenvalue weighted by Gasteiger charge is 2.11. The van der Waals surface area contributed by atoms with E-state index in [2.05, 4.69) is 6.07 Å². The smallest absolute Gasteiger partial charge is 0.498 e. The molecule has 0 N–H and O–H groups in total. The number of halogens is 1. The van der Waals surface area contributed by atoms with Crippen LogP contribution in [-0.4, -0.2) is 11.7 Å². The first-order chi connectivity index (χ1) is 11.5. The molecule has 1 aromatic heterocycles. The van der Waals surface area contributed by atoms with Crippen molar-refractivity contribution in [3.63, 3.8) is 0 Å². The number of ether oxygens (including phenoxy) is 1. The summed E-state index contributed by atoms with van der Waals surface area (Å²) in [6, 6.07) is 14.2. The van der Waals surface area contributed by atoms with Gasteiger partial charge in [-0.25, -0.2) is 0 Å². The molecule has 0 aliphatic heterocycles. The molecule has 130 valence electrons. The number of aromatic nitrogens is 2. The van der Waals surface area contributed by atoms with E-state index in [4.69, 9.17) is 4.74 Å². The molecule has 4 nitrogen and oxygen atoms in total. The number of fused-ring (bicyclic) bond motifs is 1. The Bertz CT molecular complexity index is 1010. The van der Waals surface area contributed by atoms with Crippen molar-refractivity contribution in [2.45, 2.75) is 6.92 Å². The molecule has 25 heavy (non-hydrogen) atoms. The number of nitrogens with zero attached hydrogens (tertiary/aromatic N) is 2. The molecule has 2 aromatic carbocycles. The van der Waals surface area contributed by atoms with Gasteiger partial charge in [0, 0.05) is 11.5 Å². The van der Waals surface area contributed by atoms with Gasteiger partial charge >= 0.3 is 5.69 Å². The Labute approximate surface area is 153 Å². The highest BCUT2D eigenvalue weighted by atomic mass is 35.5. The summed E-state index contributed by atoms with van der Waals surface area (Å²) in [6.07, 6.45) is 4.01. The zero-order valence-electron chi connectivity index (χ0n) is 14.8. The summed E-state index contributed by atoms with van der Waals surface area (Å²) in [5.74, 6) is 0.859. The summed E-state index contributed by atoms with van der Waals surface area (Å²) in [5.41, 5.74) is 2.85. The first kappa shape index (κ1) is 18.7. The average Bonchev–Trinajstić information content (AvgIpc) is 2.61. The van der Waals surface area contributed by atoms with Crippen LogP contribution in [0.15, 0.2) is 47.3 Å². The second-order valence-corrected chi connectivity index (χ2v) is 5.85. The molecule has 0 saturated carbocycles. The van der Waals surface area contributed by atoms with Crippen LogP contribution in [-0.2, 0) is 14.1 Å². The van der Waals surface area contributed by atoms with E-state index in [1.807, 2.05) is 55.5 Å². The maximum atomic E-state index is 12.2. The lowest BCUT2D eigenvalue weighted by molar-refractivity contribution is -0.692. The van der Waals surface area contributed by atoms with E-state index in [-0.39, 0.29) is 18.1 Å². The van der Waals surface area contributed by atoms with Gasteiger partial charge in [-0.2, -0.15) is 13.9 Å². The van der Waals surface area contributed by atoms with Crippen molar-refractivity contribution in [3.8, 4) is 5.75 Å². The van der Waals surface area contributed by atoms with Gasteiger partial charge in [0.2, 0.25) is 0 Å². The summed E-state index contributed by atoms with van der Waals surface area (Å²) < 4.78 is 8.72. The zero-order chi connectivity index (χ0) is 17.3. The molecule has 0 unspecified atom stereocenters. The minimum atomic E-state index is -0.0331. The second-order valence-electron chi connectivity index (χ2n) is 5.85. The first-order valence-corrected chi connectivity index (χ1v) is 7.83. The SMILES string of the molecule is COc1ccc(C=Cc2cc(C)n(C)c(=O)[n+]2C)c2ccccc12.[Cl-]. The molecule has 0 radical (unpaired) electrons. The van der Waals surface area contributed by atoms with Gasteiger partial charge in [-0.15, -0.1) is 0 Å². The van der Waals surface area contributed by atoms with Crippen LogP contribution < -0.4 is 27.4 Å². The summed E-state index contributed by atoms with van der Waals surface area (Å²) in [5, 5.41) is 2.20. The van der Waals surface area contributed by atoms with Crippen molar-refractivity contribution in [1.82, 2.24) is 4.57 Å². The van der Waals surface area contributed by atoms with Gasteiger partial charge in [-0.3, -0.25) is 0 Å². The Kier molecular flexibility index (Phi) is 5.65. The van der Waals surface area contributed by atoms with E-state index in [0.717, 1.165) is 33.5 Å². The van der Waals surface area contributed by atoms with Gasteiger partial charge in [0.1, 0.15) is 17.1 Å². The van der Waals surface area contributed by atoms with Crippen molar-refractivity contribution < 1.29 is 21.7 Å². The molecule has 0 aliphatic carbocycles. The molecule has 5 heteroatoms. The zero-order valence-corrected chi connectivity index (χ0v) is 15.5. The largest absolute Gasteiger partial charge is 1.00 e. The minimum absolute atomic E-state index is 0. The molecule has 0 spiro atoms. The highest BCUT2D eigenvalue weighted by Crippen LogP contribution is 2.29. The maximum absolute atomic E-state index is 12.2. The van der Waals surface area contributed by atoms with Gasteiger partial charge in [-0.1, -0.05) is 36.4 Å². The lowest BCUT2D eigenvalue weighted by Crippen LogP contribution is -3.00. The summed E-state index contributed by atoms with van der Waals surface area (Å²) in [4.78, 5) is 12.2. The molecule has 3 aromatic rings. The molecule has 1 heterocycles. The Hall–Kier alpha value is -2.59. The third kappa shape index (κ3) is 3.44. The predicted octanol–water partition coefficient (Wildman–Crippen LogP) is -0.146. The first-order valence-electron chi connectivity index (χ1n) is 7.83. The topological polar surface area (TPSA) is 35.1 Å². The molecule has 0 atom stereocenters. The van der Waals surface area contributed by atoms with Crippen LogP contribution in [0.5, 0.6) is 5.75 Å². The maximum Gasteiger partial charge on any atom is 0.498 e. The van der Waals surface area contributed by atoms with Gasteiger partial charge in [-0.05, 0) is 30.0 Å². The van der Waals surface area contributed by atoms with Crippen molar-refractivity contribution in [3.05, 3.63) is 69.9 Å². The van der Waals surface area contributed by atoms with E-state index < -0.39 is 0 Å². The van der Waals surface area contributed by atoms with Gasteiger partial charge in [0.05, 0.1) is 21.2 Å². The fourth-order valence-corrected chi connectivity index (χ4v) is 2.85. The summed E-state index contributed by atoms with van der Waals surface area (Å²) in [7, 11) is 5.25. The van der Waals surface area contributed by atoms with E-state index in [1.54, 1.807) is 30.3 Å². The van der Waals surface area contributed by atoms with E-state index >= 15 is 0 Å². The Balaban J connectivity index is 0.00000225. The number of aryl methyl sites for hydroxylation is 1. The predicted molar refractivity (Wildman–Crippen MR) is 97.0 cm³/mol. The second kappa shape index (κ2) is 7.53. The Morgan fingerprint density at radius 2 is 1.76 bits per heavy atom. The highest BCUT2D eigenvalue weighted by molar-refractivity contribution is 5.96. The van der Waals surface area contributed by atoms with Crippen LogP contribution in [0.2, 0.25) is 0 Å². The standard InChI is InChI=1S/C20H21N2O2.ClH/c1-14-13-16(22(3)20(23)21(14)2)11-9-15-10-12-19(24-4)18-8-6-5-7-17(15)18;/h5-13H,1-4H3;1H/q+1;/p-1. The van der Waals surface area contributed by atoms with Crippen LogP contribution in [0.3, 0.4) is 0 Å². The fourth-order valence-electron chi connectivity index (χ4n) is 2.85. The van der Waals surface area contributed by atoms with Crippen LogP contribution >= 0.6 is 0 Å². The number of methoxy groups -OCH3 is 1. The van der Waals surface area contributed by atoms with E-state index in [9.17, 15) is 4.79 Å². The molecule has 0 saturated heterocycles. The van der Waals surface area contributed by atoms with Crippen molar-refractivity contribution in [1.29, 1.82) is 0 Å². The molecule has 3 rings (SSSR count). The van der Waals surface area contributed by atoms with Crippen LogP contribution in [0.25, 0.3) is 22.9 Å². The lowest BCUT2D eigenvalue weighted by Gasteiger charge is -2.08. The molecule has 0 fully saturated rings. The average molecular weight is 357 g/mol. The Morgan fingerprint density at radius 1 is 1.08 bits per heavy atom. The number of hydrogen-bond donors (Lipinski definition) is 0. The van der Waals surface area contributed by atoms with Crippen LogP contribution in [0.1, 0.15) is 17.0 Å². The third-order valence-electron chi connectivity index (χ3n) is 4.42. The van der Waals surface area contributed by atoms with Gasteiger partial charge in [0.15, 0.2) is 0 Å². The van der Waals surface area contributed by atoms with Crippen LogP contribution in [0, 0.1) is 6.92 Å². The number of benzene rings is 2. The summed E-state index contributed by atoms with van der Waals surface area (Å²) in [6.45, 7) is 1.93. The van der Waals surface area contributed by atoms with Crippen molar-refractivity contribution >= 4 is 22.9 Å². The monoisotopic (exact) mass is 356 g/mol. The van der Waals surface area contributed by atoms with Gasteiger partial charge in [0.25, 0.3) is 0 Å². The minimum Gasteiger partial charge on any atom is -1.00 e.